The Labute approximate surface area is 324 Å². The summed E-state index contributed by atoms with van der Waals surface area (Å²) in [5.74, 6) is -1.12. The molecule has 1 N–H and O–H groups in total. The molecule has 2 aliphatic heterocycles. The molecule has 2 fully saturated rings. The predicted octanol–water partition coefficient (Wildman–Crippen LogP) is 4.31. The summed E-state index contributed by atoms with van der Waals surface area (Å²) in [6.07, 6.45) is 4.08. The van der Waals surface area contributed by atoms with E-state index in [1.165, 1.54) is 47.3 Å². The van der Waals surface area contributed by atoms with Crippen LogP contribution in [0.4, 0.5) is 10.5 Å². The molecule has 0 radical (unpaired) electrons. The largest absolute Gasteiger partial charge is 0.458 e. The first kappa shape index (κ1) is 41.1. The van der Waals surface area contributed by atoms with Crippen molar-refractivity contribution in [3.8, 4) is 5.75 Å². The molecule has 2 atom stereocenters. The maximum absolute atomic E-state index is 13.9. The van der Waals surface area contributed by atoms with Crippen LogP contribution in [0.25, 0.3) is 0 Å². The van der Waals surface area contributed by atoms with E-state index in [-0.39, 0.29) is 36.2 Å². The molecule has 3 aromatic rings. The van der Waals surface area contributed by atoms with Gasteiger partial charge in [-0.25, -0.2) is 22.8 Å². The van der Waals surface area contributed by atoms with Crippen molar-refractivity contribution in [3.05, 3.63) is 84.2 Å². The smallest absolute Gasteiger partial charge is 0.415 e. The highest BCUT2D eigenvalue weighted by Crippen LogP contribution is 2.42. The third-order valence-electron chi connectivity index (χ3n) is 8.97. The van der Waals surface area contributed by atoms with Crippen molar-refractivity contribution >= 4 is 57.4 Å². The monoisotopic (exact) mass is 792 g/mol. The Kier molecular flexibility index (Phi) is 12.8. The molecule has 5 rings (SSSR count). The third kappa shape index (κ3) is 10.4. The summed E-state index contributed by atoms with van der Waals surface area (Å²) >= 11 is 1.32. The minimum atomic E-state index is -4.08. The summed E-state index contributed by atoms with van der Waals surface area (Å²) in [5, 5.41) is 2.80. The molecular formula is C38H44N6O9S2. The van der Waals surface area contributed by atoms with Gasteiger partial charge in [0.25, 0.3) is 5.91 Å². The van der Waals surface area contributed by atoms with Crippen molar-refractivity contribution in [3.63, 3.8) is 0 Å². The third-order valence-corrected chi connectivity index (χ3v) is 12.3. The van der Waals surface area contributed by atoms with E-state index < -0.39 is 50.4 Å². The Hall–Kier alpha value is -5.09. The zero-order valence-electron chi connectivity index (χ0n) is 31.3. The van der Waals surface area contributed by atoms with Crippen LogP contribution >= 0.6 is 11.8 Å². The van der Waals surface area contributed by atoms with Gasteiger partial charge in [0, 0.05) is 48.9 Å². The van der Waals surface area contributed by atoms with Crippen LogP contribution < -0.4 is 10.1 Å². The number of aryl methyl sites for hydroxylation is 1. The number of benzene rings is 2. The number of thioether (sulfide) groups is 1. The first-order valence-corrected chi connectivity index (χ1v) is 20.0. The second-order valence-electron chi connectivity index (χ2n) is 14.5. The maximum atomic E-state index is 13.9. The van der Waals surface area contributed by atoms with Crippen molar-refractivity contribution in [2.24, 2.45) is 4.99 Å². The maximum Gasteiger partial charge on any atom is 0.415 e. The predicted molar refractivity (Wildman–Crippen MR) is 204 cm³/mol. The number of ether oxygens (including phenoxy) is 2. The quantitative estimate of drug-likeness (QED) is 0.166. The Balaban J connectivity index is 1.18. The van der Waals surface area contributed by atoms with E-state index in [0.29, 0.717) is 36.5 Å². The van der Waals surface area contributed by atoms with E-state index in [2.05, 4.69) is 15.3 Å². The summed E-state index contributed by atoms with van der Waals surface area (Å²) < 4.78 is 38.8. The summed E-state index contributed by atoms with van der Waals surface area (Å²) in [6, 6.07) is 13.8. The van der Waals surface area contributed by atoms with Crippen LogP contribution in [0.3, 0.4) is 0 Å². The Bertz CT molecular complexity index is 2020. The zero-order valence-corrected chi connectivity index (χ0v) is 32.9. The number of carbonyl (C=O) groups is 4. The van der Waals surface area contributed by atoms with E-state index in [4.69, 9.17) is 9.47 Å². The molecule has 292 valence electrons. The molecule has 55 heavy (non-hydrogen) atoms. The van der Waals surface area contributed by atoms with Crippen molar-refractivity contribution in [2.45, 2.75) is 74.8 Å². The van der Waals surface area contributed by atoms with Gasteiger partial charge in [0.15, 0.2) is 0 Å². The number of isocyanates is 1. The zero-order chi connectivity index (χ0) is 40.0. The average Bonchev–Trinajstić information content (AvgIpc) is 3.49. The van der Waals surface area contributed by atoms with E-state index in [1.54, 1.807) is 88.0 Å². The highest BCUT2D eigenvalue weighted by molar-refractivity contribution is 8.02. The molecule has 17 heteroatoms. The van der Waals surface area contributed by atoms with Gasteiger partial charge in [0.05, 0.1) is 11.6 Å². The van der Waals surface area contributed by atoms with Crippen LogP contribution in [0.1, 0.15) is 57.0 Å². The molecule has 2 aromatic carbocycles. The second-order valence-corrected chi connectivity index (χ2v) is 18.0. The number of aromatic nitrogens is 1. The topological polar surface area (TPSA) is 185 Å². The molecule has 0 spiro atoms. The summed E-state index contributed by atoms with van der Waals surface area (Å²) in [6.45, 7) is 9.90. The van der Waals surface area contributed by atoms with E-state index in [1.807, 2.05) is 0 Å². The van der Waals surface area contributed by atoms with Crippen molar-refractivity contribution in [1.29, 1.82) is 0 Å². The lowest BCUT2D eigenvalue weighted by Crippen LogP contribution is -2.56. The van der Waals surface area contributed by atoms with Crippen LogP contribution in [0.2, 0.25) is 0 Å². The molecular weight excluding hydrogens is 749 g/mol. The van der Waals surface area contributed by atoms with Gasteiger partial charge >= 0.3 is 12.1 Å². The normalized spacial score (nSPS) is 17.8. The van der Waals surface area contributed by atoms with Gasteiger partial charge < -0.3 is 24.6 Å². The molecule has 15 nitrogen and oxygen atoms in total. The SMILES string of the molecule is CC(C)(C)OC(=O)[C@H](CCc1ccc(OC(=O)N2CCN(C(=O)c3ccc(N=C=O)cc3)CC2)cc1)NC(=O)[C@H]1N(S(=O)(=O)c2cccnc2)CSC1(C)C. The van der Waals surface area contributed by atoms with Gasteiger partial charge in [-0.3, -0.25) is 14.6 Å². The highest BCUT2D eigenvalue weighted by Gasteiger charge is 2.51. The molecule has 2 aliphatic rings. The minimum absolute atomic E-state index is 0.0362. The lowest BCUT2D eigenvalue weighted by atomic mass is 10.0. The first-order valence-electron chi connectivity index (χ1n) is 17.6. The van der Waals surface area contributed by atoms with Crippen LogP contribution in [0.5, 0.6) is 5.75 Å². The molecule has 1 aromatic heterocycles. The second kappa shape index (κ2) is 17.1. The first-order chi connectivity index (χ1) is 26.0. The number of nitrogens with one attached hydrogen (secondary N) is 1. The molecule has 0 saturated carbocycles. The molecule has 3 amide bonds. The van der Waals surface area contributed by atoms with Gasteiger partial charge in [-0.05, 0) is 102 Å². The van der Waals surface area contributed by atoms with E-state index in [9.17, 15) is 32.4 Å². The summed E-state index contributed by atoms with van der Waals surface area (Å²) in [5.41, 5.74) is 0.788. The number of hydrogen-bond acceptors (Lipinski definition) is 12. The lowest BCUT2D eigenvalue weighted by molar-refractivity contribution is -0.159. The number of esters is 1. The summed E-state index contributed by atoms with van der Waals surface area (Å²) in [7, 11) is -4.08. The summed E-state index contributed by atoms with van der Waals surface area (Å²) in [4.78, 5) is 74.2. The number of piperazine rings is 1. The fourth-order valence-electron chi connectivity index (χ4n) is 6.10. The molecule has 2 saturated heterocycles. The van der Waals surface area contributed by atoms with Crippen molar-refractivity contribution < 1.29 is 41.9 Å². The minimum Gasteiger partial charge on any atom is -0.458 e. The van der Waals surface area contributed by atoms with Gasteiger partial charge in [0.1, 0.15) is 28.3 Å². The van der Waals surface area contributed by atoms with Crippen molar-refractivity contribution in [2.75, 3.05) is 32.1 Å². The number of amides is 3. The average molecular weight is 793 g/mol. The molecule has 0 aliphatic carbocycles. The van der Waals surface area contributed by atoms with Crippen LogP contribution in [-0.4, -0.2) is 112 Å². The molecule has 0 unspecified atom stereocenters. The number of hydrogen-bond donors (Lipinski definition) is 1. The number of rotatable bonds is 11. The standard InChI is InChI=1S/C38H44N6O9S2/c1-37(2,3)53-35(48)31(41-33(46)32-38(4,5)54-25-44(32)55(50,51)30-7-6-18-39-23-30)17-10-26-8-15-29(16-9-26)52-36(49)43-21-19-42(20-22-43)34(47)27-11-13-28(14-12-27)40-24-45/h6-9,11-16,18,23,31-32H,10,17,19-22,25H2,1-5H3,(H,41,46)/t31-,32+/m0/s1. The number of pyridine rings is 1. The van der Waals surface area contributed by atoms with Crippen molar-refractivity contribution in [1.82, 2.24) is 24.4 Å². The van der Waals surface area contributed by atoms with Gasteiger partial charge in [0.2, 0.25) is 22.0 Å². The Morgan fingerprint density at radius 2 is 1.65 bits per heavy atom. The fraction of sp³-hybridized carbons (Fsp3) is 0.421. The number of nitrogens with zero attached hydrogens (tertiary/aromatic N) is 5. The van der Waals surface area contributed by atoms with Gasteiger partial charge in [-0.15, -0.1) is 11.8 Å². The number of carbonyl (C=O) groups excluding carboxylic acids is 5. The Morgan fingerprint density at radius 3 is 2.25 bits per heavy atom. The number of aliphatic imine (C=N–C) groups is 1. The van der Waals surface area contributed by atoms with Gasteiger partial charge in [-0.1, -0.05) is 12.1 Å². The fourth-order valence-corrected chi connectivity index (χ4v) is 9.23. The van der Waals surface area contributed by atoms with Crippen LogP contribution in [-0.2, 0) is 35.6 Å². The molecule has 0 bridgehead atoms. The lowest BCUT2D eigenvalue weighted by Gasteiger charge is -2.34. The highest BCUT2D eigenvalue weighted by atomic mass is 32.2. The van der Waals surface area contributed by atoms with Gasteiger partial charge in [-0.2, -0.15) is 9.30 Å². The Morgan fingerprint density at radius 1 is 1.00 bits per heavy atom. The number of sulfonamides is 1. The van der Waals surface area contributed by atoms with Crippen LogP contribution in [0.15, 0.2) is 82.9 Å². The van der Waals surface area contributed by atoms with Crippen LogP contribution in [0, 0.1) is 0 Å². The van der Waals surface area contributed by atoms with E-state index in [0.717, 1.165) is 9.87 Å². The van der Waals surface area contributed by atoms with E-state index >= 15 is 0 Å². The molecule has 3 heterocycles.